The number of aryl methyl sites for hydroxylation is 1. The Morgan fingerprint density at radius 2 is 1.83 bits per heavy atom. The number of thioether (sulfide) groups is 1. The summed E-state index contributed by atoms with van der Waals surface area (Å²) < 4.78 is 2.54. The second-order valence-electron chi connectivity index (χ2n) is 5.59. The molecule has 2 aromatic carbocycles. The minimum Gasteiger partial charge on any atom is -0.351 e. The molecule has 0 unspecified atom stereocenters. The summed E-state index contributed by atoms with van der Waals surface area (Å²) in [5.74, 6) is -0.0681. The van der Waals surface area contributed by atoms with Crippen molar-refractivity contribution in [2.75, 3.05) is 4.90 Å². The third kappa shape index (κ3) is 2.56. The van der Waals surface area contributed by atoms with Gasteiger partial charge in [-0.15, -0.1) is 0 Å². The Labute approximate surface area is 149 Å². The summed E-state index contributed by atoms with van der Waals surface area (Å²) in [6, 6.07) is 18.0. The van der Waals surface area contributed by atoms with E-state index in [1.807, 2.05) is 72.4 Å². The summed E-state index contributed by atoms with van der Waals surface area (Å²) in [5, 5.41) is 2.24. The van der Waals surface area contributed by atoms with E-state index in [0.29, 0.717) is 9.23 Å². The molecule has 1 fully saturated rings. The SMILES string of the molecule is Cn1cccc1/C=C1/SC(=S)N(c2ccc3ccccc3c2)C1=O. The number of rotatable bonds is 2. The normalized spacial score (nSPS) is 16.5. The Kier molecular flexibility index (Phi) is 3.75. The Bertz CT molecular complexity index is 1000. The van der Waals surface area contributed by atoms with Crippen molar-refractivity contribution >= 4 is 56.7 Å². The van der Waals surface area contributed by atoms with Gasteiger partial charge in [0.05, 0.1) is 10.6 Å². The maximum absolute atomic E-state index is 12.8. The van der Waals surface area contributed by atoms with Gasteiger partial charge in [0.15, 0.2) is 4.32 Å². The molecule has 5 heteroatoms. The summed E-state index contributed by atoms with van der Waals surface area (Å²) in [6.07, 6.45) is 3.84. The minimum atomic E-state index is -0.0681. The zero-order valence-corrected chi connectivity index (χ0v) is 14.6. The van der Waals surface area contributed by atoms with Crippen molar-refractivity contribution < 1.29 is 4.79 Å². The van der Waals surface area contributed by atoms with E-state index in [4.69, 9.17) is 12.2 Å². The Morgan fingerprint density at radius 1 is 1.04 bits per heavy atom. The molecule has 0 radical (unpaired) electrons. The molecule has 1 aliphatic heterocycles. The first-order valence-electron chi connectivity index (χ1n) is 7.51. The van der Waals surface area contributed by atoms with E-state index in [1.54, 1.807) is 4.90 Å². The monoisotopic (exact) mass is 350 g/mol. The lowest BCUT2D eigenvalue weighted by molar-refractivity contribution is -0.113. The summed E-state index contributed by atoms with van der Waals surface area (Å²) in [5.41, 5.74) is 1.79. The highest BCUT2D eigenvalue weighted by Crippen LogP contribution is 2.36. The van der Waals surface area contributed by atoms with E-state index in [1.165, 1.54) is 11.8 Å². The maximum Gasteiger partial charge on any atom is 0.270 e. The third-order valence-electron chi connectivity index (χ3n) is 4.05. The largest absolute Gasteiger partial charge is 0.351 e. The second-order valence-corrected chi connectivity index (χ2v) is 7.27. The average Bonchev–Trinajstić information content (AvgIpc) is 3.11. The molecule has 24 heavy (non-hydrogen) atoms. The van der Waals surface area contributed by atoms with E-state index < -0.39 is 0 Å². The van der Waals surface area contributed by atoms with E-state index in [0.717, 1.165) is 22.2 Å². The van der Waals surface area contributed by atoms with Crippen molar-refractivity contribution in [3.05, 3.63) is 71.4 Å². The lowest BCUT2D eigenvalue weighted by Crippen LogP contribution is -2.27. The highest BCUT2D eigenvalue weighted by Gasteiger charge is 2.33. The van der Waals surface area contributed by atoms with Crippen LogP contribution in [0.3, 0.4) is 0 Å². The van der Waals surface area contributed by atoms with Crippen LogP contribution in [0.25, 0.3) is 16.8 Å². The number of anilines is 1. The summed E-state index contributed by atoms with van der Waals surface area (Å²) in [6.45, 7) is 0. The molecule has 0 saturated carbocycles. The van der Waals surface area contributed by atoms with Crippen LogP contribution >= 0.6 is 24.0 Å². The van der Waals surface area contributed by atoms with Gasteiger partial charge in [0.25, 0.3) is 5.91 Å². The van der Waals surface area contributed by atoms with Crippen LogP contribution in [0.5, 0.6) is 0 Å². The second kappa shape index (κ2) is 5.92. The van der Waals surface area contributed by atoms with Gasteiger partial charge < -0.3 is 4.57 Å². The number of amides is 1. The molecule has 1 aromatic heterocycles. The van der Waals surface area contributed by atoms with Gasteiger partial charge in [0.1, 0.15) is 0 Å². The van der Waals surface area contributed by atoms with Gasteiger partial charge in [-0.05, 0) is 41.1 Å². The molecule has 1 aliphatic rings. The van der Waals surface area contributed by atoms with Crippen molar-refractivity contribution in [2.24, 2.45) is 7.05 Å². The van der Waals surface area contributed by atoms with Crippen molar-refractivity contribution in [1.82, 2.24) is 4.57 Å². The fraction of sp³-hybridized carbons (Fsp3) is 0.0526. The standard InChI is InChI=1S/C19H14N2OS2/c1-20-10-4-7-15(20)12-17-18(22)21(19(23)24-17)16-9-8-13-5-2-3-6-14(13)11-16/h2-12H,1H3/b17-12+. The van der Waals surface area contributed by atoms with Crippen LogP contribution in [-0.4, -0.2) is 14.8 Å². The summed E-state index contributed by atoms with van der Waals surface area (Å²) >= 11 is 6.79. The number of thiocarbonyl (C=S) groups is 1. The zero-order chi connectivity index (χ0) is 16.7. The molecule has 0 aliphatic carbocycles. The molecule has 0 atom stereocenters. The van der Waals surface area contributed by atoms with Crippen molar-refractivity contribution in [3.63, 3.8) is 0 Å². The first kappa shape index (κ1) is 15.2. The smallest absolute Gasteiger partial charge is 0.270 e. The number of fused-ring (bicyclic) bond motifs is 1. The van der Waals surface area contributed by atoms with E-state index in [2.05, 4.69) is 6.07 Å². The van der Waals surface area contributed by atoms with Gasteiger partial charge in [-0.25, -0.2) is 0 Å². The number of hydrogen-bond acceptors (Lipinski definition) is 3. The zero-order valence-electron chi connectivity index (χ0n) is 13.0. The van der Waals surface area contributed by atoms with E-state index in [-0.39, 0.29) is 5.91 Å². The molecule has 1 saturated heterocycles. The maximum atomic E-state index is 12.8. The molecule has 4 rings (SSSR count). The predicted octanol–water partition coefficient (Wildman–Crippen LogP) is 4.58. The molecular weight excluding hydrogens is 336 g/mol. The molecular formula is C19H14N2OS2. The van der Waals surface area contributed by atoms with Crippen LogP contribution in [0.1, 0.15) is 5.69 Å². The van der Waals surface area contributed by atoms with Gasteiger partial charge in [0, 0.05) is 18.9 Å². The minimum absolute atomic E-state index is 0.0681. The summed E-state index contributed by atoms with van der Waals surface area (Å²) in [7, 11) is 1.95. The topological polar surface area (TPSA) is 25.2 Å². The average molecular weight is 350 g/mol. The fourth-order valence-electron chi connectivity index (χ4n) is 2.76. The van der Waals surface area contributed by atoms with Crippen LogP contribution in [0, 0.1) is 0 Å². The van der Waals surface area contributed by atoms with E-state index >= 15 is 0 Å². The first-order chi connectivity index (χ1) is 11.6. The van der Waals surface area contributed by atoms with Gasteiger partial charge in [-0.3, -0.25) is 9.69 Å². The van der Waals surface area contributed by atoms with E-state index in [9.17, 15) is 4.79 Å². The number of benzene rings is 2. The van der Waals surface area contributed by atoms with Crippen LogP contribution in [0.15, 0.2) is 65.7 Å². The predicted molar refractivity (Wildman–Crippen MR) is 105 cm³/mol. The van der Waals surface area contributed by atoms with Gasteiger partial charge in [0.2, 0.25) is 0 Å². The molecule has 0 bridgehead atoms. The third-order valence-corrected chi connectivity index (χ3v) is 5.35. The summed E-state index contributed by atoms with van der Waals surface area (Å²) in [4.78, 5) is 15.1. The number of hydrogen-bond donors (Lipinski definition) is 0. The van der Waals surface area contributed by atoms with Crippen molar-refractivity contribution in [3.8, 4) is 0 Å². The Balaban J connectivity index is 1.73. The van der Waals surface area contributed by atoms with Crippen molar-refractivity contribution in [2.45, 2.75) is 0 Å². The highest BCUT2D eigenvalue weighted by atomic mass is 32.2. The number of nitrogens with zero attached hydrogens (tertiary/aromatic N) is 2. The lowest BCUT2D eigenvalue weighted by Gasteiger charge is -2.15. The van der Waals surface area contributed by atoms with Gasteiger partial charge in [-0.2, -0.15) is 0 Å². The van der Waals surface area contributed by atoms with Crippen LogP contribution in [0.2, 0.25) is 0 Å². The molecule has 0 N–H and O–H groups in total. The number of carbonyl (C=O) groups is 1. The van der Waals surface area contributed by atoms with Crippen LogP contribution in [-0.2, 0) is 11.8 Å². The van der Waals surface area contributed by atoms with Gasteiger partial charge >= 0.3 is 0 Å². The molecule has 0 spiro atoms. The Hall–Kier alpha value is -2.37. The molecule has 3 nitrogen and oxygen atoms in total. The fourth-order valence-corrected chi connectivity index (χ4v) is 4.05. The van der Waals surface area contributed by atoms with Crippen LogP contribution in [0.4, 0.5) is 5.69 Å². The molecule has 1 amide bonds. The highest BCUT2D eigenvalue weighted by molar-refractivity contribution is 8.27. The number of carbonyl (C=O) groups excluding carboxylic acids is 1. The van der Waals surface area contributed by atoms with Gasteiger partial charge in [-0.1, -0.05) is 54.3 Å². The lowest BCUT2D eigenvalue weighted by atomic mass is 10.1. The molecule has 2 heterocycles. The van der Waals surface area contributed by atoms with Crippen molar-refractivity contribution in [1.29, 1.82) is 0 Å². The Morgan fingerprint density at radius 3 is 2.58 bits per heavy atom. The van der Waals surface area contributed by atoms with Crippen LogP contribution < -0.4 is 4.90 Å². The quantitative estimate of drug-likeness (QED) is 0.499. The first-order valence-corrected chi connectivity index (χ1v) is 8.74. The number of aromatic nitrogens is 1. The molecule has 118 valence electrons. The molecule has 3 aromatic rings.